The highest BCUT2D eigenvalue weighted by Crippen LogP contribution is 2.29. The average molecular weight is 443 g/mol. The molecule has 0 spiro atoms. The van der Waals surface area contributed by atoms with Crippen molar-refractivity contribution in [3.8, 4) is 23.0 Å². The summed E-state index contributed by atoms with van der Waals surface area (Å²) in [5.74, 6) is 0.743. The highest BCUT2D eigenvalue weighted by molar-refractivity contribution is 5.46. The van der Waals surface area contributed by atoms with Crippen molar-refractivity contribution < 1.29 is 25.5 Å². The molecular formula is C28H26O5. The highest BCUT2D eigenvalue weighted by atomic mass is 16.3. The van der Waals surface area contributed by atoms with Gasteiger partial charge in [0, 0.05) is 19.3 Å². The Balaban J connectivity index is 1.56. The van der Waals surface area contributed by atoms with E-state index in [1.165, 1.54) is 0 Å². The molecule has 0 bridgehead atoms. The first-order valence-electron chi connectivity index (χ1n) is 10.7. The summed E-state index contributed by atoms with van der Waals surface area (Å²) in [6.07, 6.45) is 1.46. The molecule has 0 aliphatic carbocycles. The Bertz CT molecular complexity index is 1260. The molecule has 5 nitrogen and oxygen atoms in total. The van der Waals surface area contributed by atoms with E-state index in [2.05, 4.69) is 0 Å². The van der Waals surface area contributed by atoms with E-state index < -0.39 is 0 Å². The number of hydrogen-bond donors (Lipinski definition) is 5. The molecule has 0 unspecified atom stereocenters. The molecule has 0 radical (unpaired) electrons. The van der Waals surface area contributed by atoms with Crippen molar-refractivity contribution in [3.63, 3.8) is 0 Å². The van der Waals surface area contributed by atoms with E-state index in [9.17, 15) is 25.5 Å². The van der Waals surface area contributed by atoms with Gasteiger partial charge in [0.05, 0.1) is 6.61 Å². The number of benzene rings is 4. The molecule has 0 saturated carbocycles. The van der Waals surface area contributed by atoms with Crippen LogP contribution >= 0.6 is 0 Å². The fourth-order valence-corrected chi connectivity index (χ4v) is 3.93. The van der Waals surface area contributed by atoms with Crippen molar-refractivity contribution in [2.24, 2.45) is 0 Å². The largest absolute Gasteiger partial charge is 0.508 e. The second-order valence-electron chi connectivity index (χ2n) is 8.24. The molecule has 0 aliphatic heterocycles. The summed E-state index contributed by atoms with van der Waals surface area (Å²) in [6, 6.07) is 22.7. The number of hydrogen-bond acceptors (Lipinski definition) is 5. The number of aromatic hydroxyl groups is 4. The van der Waals surface area contributed by atoms with Crippen molar-refractivity contribution >= 4 is 0 Å². The molecule has 0 amide bonds. The lowest BCUT2D eigenvalue weighted by Crippen LogP contribution is -1.96. The fourth-order valence-electron chi connectivity index (χ4n) is 3.93. The second-order valence-corrected chi connectivity index (χ2v) is 8.24. The zero-order chi connectivity index (χ0) is 23.4. The van der Waals surface area contributed by atoms with E-state index in [0.717, 1.165) is 33.4 Å². The van der Waals surface area contributed by atoms with Gasteiger partial charge in [-0.15, -0.1) is 0 Å². The van der Waals surface area contributed by atoms with Crippen molar-refractivity contribution in [2.45, 2.75) is 25.9 Å². The van der Waals surface area contributed by atoms with E-state index in [-0.39, 0.29) is 29.6 Å². The van der Waals surface area contributed by atoms with Gasteiger partial charge in [-0.05, 0) is 75.3 Å². The predicted molar refractivity (Wildman–Crippen MR) is 127 cm³/mol. The van der Waals surface area contributed by atoms with Gasteiger partial charge in [-0.25, -0.2) is 0 Å². The number of aliphatic hydroxyl groups is 1. The van der Waals surface area contributed by atoms with Gasteiger partial charge in [0.15, 0.2) is 0 Å². The standard InChI is InChI=1S/C28H26O5/c29-17-21-5-10-28(33)24(16-21)15-20-4-9-27(32)23(14-20)13-19-3-8-26(31)22(12-19)11-18-1-6-25(30)7-2-18/h1-10,12,14,16,29-33H,11,13,15,17H2. The first-order valence-corrected chi connectivity index (χ1v) is 10.7. The summed E-state index contributed by atoms with van der Waals surface area (Å²) in [5, 5.41) is 49.7. The quantitative estimate of drug-likeness (QED) is 0.284. The lowest BCUT2D eigenvalue weighted by molar-refractivity contribution is 0.281. The lowest BCUT2D eigenvalue weighted by atomic mass is 9.95. The molecule has 4 aromatic rings. The summed E-state index contributed by atoms with van der Waals surface area (Å²) >= 11 is 0. The fraction of sp³-hybridized carbons (Fsp3) is 0.143. The molecule has 0 fully saturated rings. The van der Waals surface area contributed by atoms with Crippen LogP contribution in [0.5, 0.6) is 23.0 Å². The molecule has 0 aliphatic rings. The third kappa shape index (κ3) is 5.45. The third-order valence-electron chi connectivity index (χ3n) is 5.73. The van der Waals surface area contributed by atoms with Crippen LogP contribution in [-0.4, -0.2) is 25.5 Å². The maximum atomic E-state index is 10.4. The molecule has 5 N–H and O–H groups in total. The Kier molecular flexibility index (Phi) is 6.52. The molecular weight excluding hydrogens is 416 g/mol. The number of aliphatic hydroxyl groups excluding tert-OH is 1. The van der Waals surface area contributed by atoms with Crippen molar-refractivity contribution in [1.29, 1.82) is 0 Å². The van der Waals surface area contributed by atoms with Gasteiger partial charge in [0.2, 0.25) is 0 Å². The third-order valence-corrected chi connectivity index (χ3v) is 5.73. The van der Waals surface area contributed by atoms with Gasteiger partial charge in [0.1, 0.15) is 23.0 Å². The maximum absolute atomic E-state index is 10.4. The van der Waals surface area contributed by atoms with E-state index in [1.807, 2.05) is 36.4 Å². The first kappa shape index (κ1) is 22.2. The number of phenols is 4. The predicted octanol–water partition coefficient (Wildman–Crippen LogP) is 4.77. The van der Waals surface area contributed by atoms with Gasteiger partial charge in [-0.2, -0.15) is 0 Å². The Hall–Kier alpha value is -3.96. The lowest BCUT2D eigenvalue weighted by Gasteiger charge is -2.12. The molecule has 4 aromatic carbocycles. The second kappa shape index (κ2) is 9.67. The van der Waals surface area contributed by atoms with Crippen LogP contribution in [0.2, 0.25) is 0 Å². The summed E-state index contributed by atoms with van der Waals surface area (Å²) in [7, 11) is 0. The topological polar surface area (TPSA) is 101 Å². The van der Waals surface area contributed by atoms with Crippen molar-refractivity contribution in [1.82, 2.24) is 0 Å². The Morgan fingerprint density at radius 3 is 1.24 bits per heavy atom. The van der Waals surface area contributed by atoms with Gasteiger partial charge < -0.3 is 25.5 Å². The maximum Gasteiger partial charge on any atom is 0.119 e. The van der Waals surface area contributed by atoms with Crippen LogP contribution in [0, 0.1) is 0 Å². The van der Waals surface area contributed by atoms with Crippen LogP contribution in [0.4, 0.5) is 0 Å². The minimum atomic E-state index is -0.0958. The summed E-state index contributed by atoms with van der Waals surface area (Å²) in [4.78, 5) is 0. The first-order chi connectivity index (χ1) is 15.9. The van der Waals surface area contributed by atoms with Gasteiger partial charge in [0.25, 0.3) is 0 Å². The molecule has 168 valence electrons. The smallest absolute Gasteiger partial charge is 0.119 e. The van der Waals surface area contributed by atoms with E-state index in [1.54, 1.807) is 42.5 Å². The summed E-state index contributed by atoms with van der Waals surface area (Å²) in [5.41, 5.74) is 5.78. The van der Waals surface area contributed by atoms with Crippen LogP contribution in [0.3, 0.4) is 0 Å². The molecule has 0 aromatic heterocycles. The highest BCUT2D eigenvalue weighted by Gasteiger charge is 2.10. The van der Waals surface area contributed by atoms with Crippen LogP contribution < -0.4 is 0 Å². The molecule has 4 rings (SSSR count). The molecule has 5 heteroatoms. The average Bonchev–Trinajstić information content (AvgIpc) is 2.81. The molecule has 33 heavy (non-hydrogen) atoms. The molecule has 0 atom stereocenters. The van der Waals surface area contributed by atoms with Gasteiger partial charge in [-0.1, -0.05) is 42.5 Å². The van der Waals surface area contributed by atoms with E-state index in [4.69, 9.17) is 0 Å². The van der Waals surface area contributed by atoms with Crippen LogP contribution in [0.25, 0.3) is 0 Å². The zero-order valence-electron chi connectivity index (χ0n) is 18.1. The number of rotatable bonds is 7. The van der Waals surface area contributed by atoms with Gasteiger partial charge in [-0.3, -0.25) is 0 Å². The number of phenolic OH excluding ortho intramolecular Hbond substituents is 4. The van der Waals surface area contributed by atoms with E-state index in [0.29, 0.717) is 24.8 Å². The van der Waals surface area contributed by atoms with Crippen molar-refractivity contribution in [3.05, 3.63) is 118 Å². The minimum absolute atomic E-state index is 0.0958. The molecule has 0 heterocycles. The van der Waals surface area contributed by atoms with Crippen molar-refractivity contribution in [2.75, 3.05) is 0 Å². The molecule has 0 saturated heterocycles. The Morgan fingerprint density at radius 2 is 0.788 bits per heavy atom. The summed E-state index contributed by atoms with van der Waals surface area (Å²) in [6.45, 7) is -0.0958. The monoisotopic (exact) mass is 442 g/mol. The van der Waals surface area contributed by atoms with Crippen LogP contribution in [0.1, 0.15) is 38.9 Å². The van der Waals surface area contributed by atoms with E-state index >= 15 is 0 Å². The van der Waals surface area contributed by atoms with Crippen LogP contribution in [-0.2, 0) is 25.9 Å². The SMILES string of the molecule is OCc1ccc(O)c(Cc2ccc(O)c(Cc3ccc(O)c(Cc4ccc(O)cc4)c3)c2)c1. The van der Waals surface area contributed by atoms with Gasteiger partial charge >= 0.3 is 0 Å². The Morgan fingerprint density at radius 1 is 0.424 bits per heavy atom. The van der Waals surface area contributed by atoms with Crippen LogP contribution in [0.15, 0.2) is 78.9 Å². The summed E-state index contributed by atoms with van der Waals surface area (Å²) < 4.78 is 0. The Labute approximate surface area is 192 Å². The minimum Gasteiger partial charge on any atom is -0.508 e. The zero-order valence-corrected chi connectivity index (χ0v) is 18.1. The normalized spacial score (nSPS) is 10.9.